The number of nitrogens with zero attached hydrogens (tertiary/aromatic N) is 4. The summed E-state index contributed by atoms with van der Waals surface area (Å²) >= 11 is 1.47. The quantitative estimate of drug-likeness (QED) is 0.502. The number of hydrogen-bond acceptors (Lipinski definition) is 5. The molecule has 2 atom stereocenters. The van der Waals surface area contributed by atoms with E-state index in [2.05, 4.69) is 44.1 Å². The van der Waals surface area contributed by atoms with Crippen LogP contribution in [0, 0.1) is 0 Å². The SMILES string of the molecule is CCC[C@H](NC(=O)[C@H](C)Sc1nnc(-c2cccnc2)n1C1CC1)c1ccccc1. The molecule has 1 aromatic carbocycles. The van der Waals surface area contributed by atoms with Crippen molar-refractivity contribution in [2.24, 2.45) is 0 Å². The van der Waals surface area contributed by atoms with Crippen molar-refractivity contribution in [3.63, 3.8) is 0 Å². The third kappa shape index (κ3) is 4.73. The monoisotopic (exact) mass is 421 g/mol. The standard InChI is InChI=1S/C23H27N5OS/c1-3-8-20(17-9-5-4-6-10-17)25-22(29)16(2)30-23-27-26-21(28(23)19-12-13-19)18-11-7-14-24-15-18/h4-7,9-11,14-16,19-20H,3,8,12-13H2,1-2H3,(H,25,29)/t16-,20-/m0/s1. The van der Waals surface area contributed by atoms with E-state index in [-0.39, 0.29) is 17.2 Å². The fourth-order valence-corrected chi connectivity index (χ4v) is 4.44. The second-order valence-electron chi connectivity index (χ2n) is 7.67. The van der Waals surface area contributed by atoms with Gasteiger partial charge in [-0.2, -0.15) is 0 Å². The molecule has 0 aliphatic heterocycles. The molecule has 30 heavy (non-hydrogen) atoms. The number of benzene rings is 1. The summed E-state index contributed by atoms with van der Waals surface area (Å²) in [6.07, 6.45) is 7.71. The Hall–Kier alpha value is -2.67. The van der Waals surface area contributed by atoms with Gasteiger partial charge in [0, 0.05) is 24.0 Å². The van der Waals surface area contributed by atoms with Gasteiger partial charge in [0.05, 0.1) is 11.3 Å². The lowest BCUT2D eigenvalue weighted by atomic mass is 10.0. The second-order valence-corrected chi connectivity index (χ2v) is 8.98. The van der Waals surface area contributed by atoms with Crippen molar-refractivity contribution in [1.29, 1.82) is 0 Å². The average molecular weight is 422 g/mol. The summed E-state index contributed by atoms with van der Waals surface area (Å²) < 4.78 is 2.17. The Morgan fingerprint density at radius 2 is 2.00 bits per heavy atom. The summed E-state index contributed by atoms with van der Waals surface area (Å²) in [5.41, 5.74) is 2.10. The van der Waals surface area contributed by atoms with Gasteiger partial charge >= 0.3 is 0 Å². The van der Waals surface area contributed by atoms with E-state index in [0.717, 1.165) is 47.8 Å². The van der Waals surface area contributed by atoms with E-state index in [0.29, 0.717) is 6.04 Å². The molecule has 0 saturated heterocycles. The van der Waals surface area contributed by atoms with Crippen LogP contribution in [-0.2, 0) is 4.79 Å². The number of amides is 1. The minimum absolute atomic E-state index is 0.0237. The van der Waals surface area contributed by atoms with E-state index in [9.17, 15) is 4.79 Å². The largest absolute Gasteiger partial charge is 0.348 e. The molecular weight excluding hydrogens is 394 g/mol. The number of pyridine rings is 1. The van der Waals surface area contributed by atoms with E-state index in [4.69, 9.17) is 0 Å². The first kappa shape index (κ1) is 20.6. The Kier molecular flexibility index (Phi) is 6.47. The molecule has 6 nitrogen and oxygen atoms in total. The highest BCUT2D eigenvalue weighted by molar-refractivity contribution is 8.00. The van der Waals surface area contributed by atoms with Gasteiger partial charge in [-0.15, -0.1) is 10.2 Å². The molecule has 7 heteroatoms. The molecule has 0 radical (unpaired) electrons. The minimum atomic E-state index is -0.267. The van der Waals surface area contributed by atoms with Gasteiger partial charge in [0.1, 0.15) is 0 Å². The molecule has 1 aliphatic carbocycles. The van der Waals surface area contributed by atoms with Crippen LogP contribution in [0.1, 0.15) is 57.2 Å². The molecular formula is C23H27N5OS. The topological polar surface area (TPSA) is 72.7 Å². The van der Waals surface area contributed by atoms with Gasteiger partial charge in [0.2, 0.25) is 5.91 Å². The number of thioether (sulfide) groups is 1. The Morgan fingerprint density at radius 3 is 2.67 bits per heavy atom. The van der Waals surface area contributed by atoms with E-state index >= 15 is 0 Å². The maximum atomic E-state index is 13.0. The van der Waals surface area contributed by atoms with Gasteiger partial charge in [-0.3, -0.25) is 14.3 Å². The molecule has 3 aromatic rings. The predicted octanol–water partition coefficient (Wildman–Crippen LogP) is 4.81. The minimum Gasteiger partial charge on any atom is -0.348 e. The van der Waals surface area contributed by atoms with Crippen molar-refractivity contribution >= 4 is 17.7 Å². The summed E-state index contributed by atoms with van der Waals surface area (Å²) in [4.78, 5) is 17.2. The first-order valence-electron chi connectivity index (χ1n) is 10.5. The van der Waals surface area contributed by atoms with Gasteiger partial charge in [-0.05, 0) is 43.9 Å². The highest BCUT2D eigenvalue weighted by atomic mass is 32.2. The van der Waals surface area contributed by atoms with E-state index in [1.807, 2.05) is 43.5 Å². The number of rotatable bonds is 9. The van der Waals surface area contributed by atoms with Crippen molar-refractivity contribution in [2.75, 3.05) is 0 Å². The third-order valence-corrected chi connectivity index (χ3v) is 6.30. The normalized spacial score (nSPS) is 15.5. The van der Waals surface area contributed by atoms with E-state index in [1.165, 1.54) is 11.8 Å². The number of carbonyl (C=O) groups is 1. The first-order valence-corrected chi connectivity index (χ1v) is 11.4. The lowest BCUT2D eigenvalue weighted by Crippen LogP contribution is -2.34. The Bertz CT molecular complexity index is 972. The fraction of sp³-hybridized carbons (Fsp3) is 0.391. The van der Waals surface area contributed by atoms with Crippen LogP contribution in [0.2, 0.25) is 0 Å². The van der Waals surface area contributed by atoms with Crippen molar-refractivity contribution in [2.45, 2.75) is 62.0 Å². The molecule has 0 bridgehead atoms. The molecule has 2 heterocycles. The number of aromatic nitrogens is 4. The van der Waals surface area contributed by atoms with Gasteiger partial charge in [-0.1, -0.05) is 55.4 Å². The zero-order valence-electron chi connectivity index (χ0n) is 17.4. The van der Waals surface area contributed by atoms with E-state index in [1.54, 1.807) is 6.20 Å². The van der Waals surface area contributed by atoms with Crippen LogP contribution >= 0.6 is 11.8 Å². The predicted molar refractivity (Wildman–Crippen MR) is 119 cm³/mol. The van der Waals surface area contributed by atoms with Crippen LogP contribution < -0.4 is 5.32 Å². The molecule has 1 aliphatic rings. The highest BCUT2D eigenvalue weighted by Crippen LogP contribution is 2.41. The second kappa shape index (κ2) is 9.43. The summed E-state index contributed by atoms with van der Waals surface area (Å²) in [7, 11) is 0. The van der Waals surface area contributed by atoms with Crippen molar-refractivity contribution in [3.8, 4) is 11.4 Å². The average Bonchev–Trinajstić information content (AvgIpc) is 3.54. The van der Waals surface area contributed by atoms with Gasteiger partial charge in [0.15, 0.2) is 11.0 Å². The molecule has 1 N–H and O–H groups in total. The summed E-state index contributed by atoms with van der Waals surface area (Å²) in [5.74, 6) is 0.851. The zero-order chi connectivity index (χ0) is 20.9. The van der Waals surface area contributed by atoms with Gasteiger partial charge < -0.3 is 5.32 Å². The fourth-order valence-electron chi connectivity index (χ4n) is 3.51. The Labute approximate surface area is 181 Å². The molecule has 156 valence electrons. The third-order valence-electron chi connectivity index (χ3n) is 5.24. The van der Waals surface area contributed by atoms with Crippen molar-refractivity contribution < 1.29 is 4.79 Å². The smallest absolute Gasteiger partial charge is 0.233 e. The Balaban J connectivity index is 1.49. The summed E-state index contributed by atoms with van der Waals surface area (Å²) in [6, 6.07) is 14.5. The number of nitrogens with one attached hydrogen (secondary N) is 1. The van der Waals surface area contributed by atoms with Crippen LogP contribution in [0.15, 0.2) is 60.0 Å². The number of carbonyl (C=O) groups excluding carboxylic acids is 1. The van der Waals surface area contributed by atoms with Crippen LogP contribution in [0.3, 0.4) is 0 Å². The number of hydrogen-bond donors (Lipinski definition) is 1. The van der Waals surface area contributed by atoms with Crippen LogP contribution in [-0.4, -0.2) is 30.9 Å². The van der Waals surface area contributed by atoms with Crippen LogP contribution in [0.5, 0.6) is 0 Å². The summed E-state index contributed by atoms with van der Waals surface area (Å²) in [5, 5.41) is 12.6. The maximum Gasteiger partial charge on any atom is 0.233 e. The van der Waals surface area contributed by atoms with Gasteiger partial charge in [-0.25, -0.2) is 0 Å². The van der Waals surface area contributed by atoms with Gasteiger partial charge in [0.25, 0.3) is 0 Å². The lowest BCUT2D eigenvalue weighted by Gasteiger charge is -2.21. The lowest BCUT2D eigenvalue weighted by molar-refractivity contribution is -0.121. The van der Waals surface area contributed by atoms with Crippen molar-refractivity contribution in [3.05, 3.63) is 60.4 Å². The van der Waals surface area contributed by atoms with Crippen molar-refractivity contribution in [1.82, 2.24) is 25.1 Å². The Morgan fingerprint density at radius 1 is 1.20 bits per heavy atom. The molecule has 1 amide bonds. The molecule has 4 rings (SSSR count). The first-order chi connectivity index (χ1) is 14.7. The molecule has 1 fully saturated rings. The highest BCUT2D eigenvalue weighted by Gasteiger charge is 2.31. The zero-order valence-corrected chi connectivity index (χ0v) is 18.2. The van der Waals surface area contributed by atoms with Crippen LogP contribution in [0.4, 0.5) is 0 Å². The summed E-state index contributed by atoms with van der Waals surface area (Å²) in [6.45, 7) is 4.07. The molecule has 2 aromatic heterocycles. The maximum absolute atomic E-state index is 13.0. The molecule has 1 saturated carbocycles. The molecule has 0 unspecified atom stereocenters. The van der Waals surface area contributed by atoms with E-state index < -0.39 is 0 Å². The van der Waals surface area contributed by atoms with Crippen LogP contribution in [0.25, 0.3) is 11.4 Å². The molecule has 0 spiro atoms.